The van der Waals surface area contributed by atoms with Crippen molar-refractivity contribution in [3.63, 3.8) is 0 Å². The Labute approximate surface area is 160 Å². The second-order valence-corrected chi connectivity index (χ2v) is 6.99. The minimum atomic E-state index is -0.432. The third-order valence-electron chi connectivity index (χ3n) is 4.03. The van der Waals surface area contributed by atoms with E-state index < -0.39 is 11.4 Å². The Bertz CT molecular complexity index is 1050. The zero-order valence-corrected chi connectivity index (χ0v) is 15.7. The van der Waals surface area contributed by atoms with Gasteiger partial charge in [0.05, 0.1) is 11.4 Å². The van der Waals surface area contributed by atoms with Gasteiger partial charge >= 0.3 is 0 Å². The summed E-state index contributed by atoms with van der Waals surface area (Å²) >= 11 is 1.04. The van der Waals surface area contributed by atoms with Crippen LogP contribution in [0.25, 0.3) is 5.69 Å². The molecule has 0 saturated carbocycles. The second-order valence-electron chi connectivity index (χ2n) is 6.02. The summed E-state index contributed by atoms with van der Waals surface area (Å²) in [6.45, 7) is 3.98. The monoisotopic (exact) mass is 383 g/mol. The van der Waals surface area contributed by atoms with E-state index in [1.54, 1.807) is 6.07 Å². The van der Waals surface area contributed by atoms with Crippen molar-refractivity contribution in [3.8, 4) is 5.69 Å². The molecule has 3 rings (SSSR count). The molecule has 0 aliphatic heterocycles. The van der Waals surface area contributed by atoms with Crippen molar-refractivity contribution in [1.29, 1.82) is 0 Å². The number of amides is 1. The molecule has 27 heavy (non-hydrogen) atoms. The fourth-order valence-corrected chi connectivity index (χ4v) is 3.17. The maximum atomic E-state index is 13.4. The number of rotatable bonds is 5. The van der Waals surface area contributed by atoms with Gasteiger partial charge in [0.15, 0.2) is 5.03 Å². The molecule has 7 heteroatoms. The first-order chi connectivity index (χ1) is 12.9. The van der Waals surface area contributed by atoms with E-state index in [0.29, 0.717) is 11.4 Å². The second kappa shape index (κ2) is 8.18. The van der Waals surface area contributed by atoms with Crippen molar-refractivity contribution < 1.29 is 9.18 Å². The zero-order valence-electron chi connectivity index (χ0n) is 14.9. The first-order valence-corrected chi connectivity index (χ1v) is 9.26. The van der Waals surface area contributed by atoms with Crippen LogP contribution in [0.5, 0.6) is 0 Å². The average Bonchev–Trinajstić information content (AvgIpc) is 2.64. The molecule has 2 aromatic carbocycles. The van der Waals surface area contributed by atoms with Crippen LogP contribution in [0.3, 0.4) is 0 Å². The maximum Gasteiger partial charge on any atom is 0.287 e. The predicted molar refractivity (Wildman–Crippen MR) is 105 cm³/mol. The number of nitrogens with one attached hydrogen (secondary N) is 1. The van der Waals surface area contributed by atoms with E-state index >= 15 is 0 Å². The van der Waals surface area contributed by atoms with E-state index in [4.69, 9.17) is 0 Å². The van der Waals surface area contributed by atoms with Gasteiger partial charge in [-0.3, -0.25) is 14.2 Å². The minimum absolute atomic E-state index is 0.0440. The first-order valence-electron chi connectivity index (χ1n) is 8.27. The standard InChI is InChI=1S/C20H18FN3O2S/c1-13-6-7-16(10-14(13)2)23-18(25)12-27-19-20(26)24(9-8-22-19)17-5-3-4-15(21)11-17/h3-11H,12H2,1-2H3,(H,23,25). The van der Waals surface area contributed by atoms with Crippen LogP contribution in [0.4, 0.5) is 10.1 Å². The molecule has 3 aromatic rings. The van der Waals surface area contributed by atoms with Crippen molar-refractivity contribution in [2.75, 3.05) is 11.1 Å². The Hall–Kier alpha value is -2.93. The number of hydrogen-bond donors (Lipinski definition) is 1. The van der Waals surface area contributed by atoms with Crippen molar-refractivity contribution in [2.45, 2.75) is 18.9 Å². The lowest BCUT2D eigenvalue weighted by atomic mass is 10.1. The normalized spacial score (nSPS) is 10.6. The average molecular weight is 383 g/mol. The molecule has 0 aliphatic carbocycles. The van der Waals surface area contributed by atoms with Gasteiger partial charge in [0, 0.05) is 18.1 Å². The summed E-state index contributed by atoms with van der Waals surface area (Å²) in [6.07, 6.45) is 2.92. The smallest absolute Gasteiger partial charge is 0.287 e. The highest BCUT2D eigenvalue weighted by Gasteiger charge is 2.11. The lowest BCUT2D eigenvalue weighted by Gasteiger charge is -2.09. The van der Waals surface area contributed by atoms with Crippen LogP contribution < -0.4 is 10.9 Å². The van der Waals surface area contributed by atoms with Gasteiger partial charge in [0.25, 0.3) is 5.56 Å². The number of hydrogen-bond acceptors (Lipinski definition) is 4. The number of anilines is 1. The van der Waals surface area contributed by atoms with Gasteiger partial charge in [0.1, 0.15) is 5.82 Å². The van der Waals surface area contributed by atoms with Crippen molar-refractivity contribution in [3.05, 3.63) is 82.2 Å². The van der Waals surface area contributed by atoms with Crippen molar-refractivity contribution >= 4 is 23.4 Å². The predicted octanol–water partition coefficient (Wildman–Crippen LogP) is 3.72. The van der Waals surface area contributed by atoms with Crippen molar-refractivity contribution in [2.24, 2.45) is 0 Å². The largest absolute Gasteiger partial charge is 0.325 e. The number of thioether (sulfide) groups is 1. The molecule has 1 N–H and O–H groups in total. The third kappa shape index (κ3) is 4.62. The molecule has 1 amide bonds. The highest BCUT2D eigenvalue weighted by molar-refractivity contribution is 7.99. The number of carbonyl (C=O) groups is 1. The van der Waals surface area contributed by atoms with Gasteiger partial charge in [0.2, 0.25) is 5.91 Å². The van der Waals surface area contributed by atoms with E-state index in [1.165, 1.54) is 35.2 Å². The molecule has 0 unspecified atom stereocenters. The molecule has 0 saturated heterocycles. The Morgan fingerprint density at radius 2 is 2.00 bits per heavy atom. The molecule has 0 spiro atoms. The fraction of sp³-hybridized carbons (Fsp3) is 0.150. The van der Waals surface area contributed by atoms with Gasteiger partial charge < -0.3 is 5.32 Å². The van der Waals surface area contributed by atoms with Gasteiger partial charge in [-0.15, -0.1) is 0 Å². The highest BCUT2D eigenvalue weighted by atomic mass is 32.2. The molecule has 1 heterocycles. The quantitative estimate of drug-likeness (QED) is 0.682. The summed E-state index contributed by atoms with van der Waals surface area (Å²) in [5.41, 5.74) is 2.95. The SMILES string of the molecule is Cc1ccc(NC(=O)CSc2nccn(-c3cccc(F)c3)c2=O)cc1C. The summed E-state index contributed by atoms with van der Waals surface area (Å²) in [5.74, 6) is -0.619. The molecule has 0 bridgehead atoms. The van der Waals surface area contributed by atoms with Crippen LogP contribution in [-0.2, 0) is 4.79 Å². The topological polar surface area (TPSA) is 64.0 Å². The molecular weight excluding hydrogens is 365 g/mol. The van der Waals surface area contributed by atoms with Gasteiger partial charge in [-0.05, 0) is 55.3 Å². The number of halogens is 1. The molecule has 1 aromatic heterocycles. The Morgan fingerprint density at radius 3 is 2.74 bits per heavy atom. The molecule has 0 fully saturated rings. The highest BCUT2D eigenvalue weighted by Crippen LogP contribution is 2.16. The van der Waals surface area contributed by atoms with E-state index in [0.717, 1.165) is 22.9 Å². The Morgan fingerprint density at radius 1 is 1.19 bits per heavy atom. The summed E-state index contributed by atoms with van der Waals surface area (Å²) < 4.78 is 14.7. The van der Waals surface area contributed by atoms with Gasteiger partial charge in [-0.2, -0.15) is 0 Å². The summed E-state index contributed by atoms with van der Waals surface area (Å²) in [4.78, 5) is 28.8. The maximum absolute atomic E-state index is 13.4. The van der Waals surface area contributed by atoms with Gasteiger partial charge in [-0.25, -0.2) is 9.37 Å². The minimum Gasteiger partial charge on any atom is -0.325 e. The zero-order chi connectivity index (χ0) is 19.4. The van der Waals surface area contributed by atoms with E-state index in [1.807, 2.05) is 32.0 Å². The van der Waals surface area contributed by atoms with E-state index in [9.17, 15) is 14.0 Å². The molecule has 0 radical (unpaired) electrons. The van der Waals surface area contributed by atoms with Crippen LogP contribution >= 0.6 is 11.8 Å². The third-order valence-corrected chi connectivity index (χ3v) is 4.99. The van der Waals surface area contributed by atoms with E-state index in [-0.39, 0.29) is 16.7 Å². The Kier molecular flexibility index (Phi) is 5.71. The van der Waals surface area contributed by atoms with Crippen LogP contribution in [0.15, 0.2) is 64.7 Å². The first kappa shape index (κ1) is 18.8. The molecule has 138 valence electrons. The Balaban J connectivity index is 1.71. The molecule has 5 nitrogen and oxygen atoms in total. The lowest BCUT2D eigenvalue weighted by molar-refractivity contribution is -0.113. The van der Waals surface area contributed by atoms with Gasteiger partial charge in [-0.1, -0.05) is 23.9 Å². The summed E-state index contributed by atoms with van der Waals surface area (Å²) in [5, 5.41) is 2.99. The number of aryl methyl sites for hydroxylation is 2. The molecular formula is C20H18FN3O2S. The van der Waals surface area contributed by atoms with Crippen LogP contribution in [0.2, 0.25) is 0 Å². The van der Waals surface area contributed by atoms with Crippen molar-refractivity contribution in [1.82, 2.24) is 9.55 Å². The van der Waals surface area contributed by atoms with Crippen LogP contribution in [0, 0.1) is 19.7 Å². The number of carbonyl (C=O) groups excluding carboxylic acids is 1. The van der Waals surface area contributed by atoms with E-state index in [2.05, 4.69) is 10.3 Å². The summed E-state index contributed by atoms with van der Waals surface area (Å²) in [6, 6.07) is 11.4. The lowest BCUT2D eigenvalue weighted by Crippen LogP contribution is -2.22. The number of nitrogens with zero attached hydrogens (tertiary/aromatic N) is 2. The fourth-order valence-electron chi connectivity index (χ4n) is 2.47. The molecule has 0 aliphatic rings. The van der Waals surface area contributed by atoms with Crippen LogP contribution in [0.1, 0.15) is 11.1 Å². The molecule has 0 atom stereocenters. The van der Waals surface area contributed by atoms with Crippen LogP contribution in [-0.4, -0.2) is 21.2 Å². The number of aromatic nitrogens is 2. The summed E-state index contributed by atoms with van der Waals surface area (Å²) in [7, 11) is 0. The number of benzene rings is 2.